The highest BCUT2D eigenvalue weighted by Crippen LogP contribution is 2.34. The van der Waals surface area contributed by atoms with E-state index in [1.54, 1.807) is 31.3 Å². The van der Waals surface area contributed by atoms with Gasteiger partial charge in [0, 0.05) is 38.6 Å². The molecule has 11 nitrogen and oxygen atoms in total. The smallest absolute Gasteiger partial charge is 0.326 e. The maximum Gasteiger partial charge on any atom is 0.326 e. The van der Waals surface area contributed by atoms with Crippen molar-refractivity contribution < 1.29 is 23.5 Å². The molecule has 0 radical (unpaired) electrons. The zero-order valence-electron chi connectivity index (χ0n) is 19.4. The van der Waals surface area contributed by atoms with Crippen LogP contribution in [0, 0.1) is 6.92 Å². The van der Waals surface area contributed by atoms with Crippen LogP contribution >= 0.6 is 11.3 Å². The molecule has 0 spiro atoms. The summed E-state index contributed by atoms with van der Waals surface area (Å²) in [6.07, 6.45) is 3.33. The van der Waals surface area contributed by atoms with Gasteiger partial charge in [-0.25, -0.2) is 23.3 Å². The van der Waals surface area contributed by atoms with Crippen LogP contribution in [-0.4, -0.2) is 73.3 Å². The van der Waals surface area contributed by atoms with Crippen LogP contribution < -0.4 is 14.9 Å². The van der Waals surface area contributed by atoms with Gasteiger partial charge >= 0.3 is 5.97 Å². The normalized spacial score (nSPS) is 17.5. The standard InChI is InChI=1S/C22H26N6O5S2/c1-12-8-15-13(4-6-24-19(15)23)9-14(12)10-17(21(30)31)27-7-5-16(20(27)29)28(35(32)33)18-11-25-22(34-18)26(2)3/h4,6,8-9,11,16-17H,5,7,10H2,1-3H3,(H2,23,24)(H,30,31)(H,32,33)/t16-,17+/m0/s1. The zero-order valence-corrected chi connectivity index (χ0v) is 21.0. The van der Waals surface area contributed by atoms with Gasteiger partial charge in [-0.2, -0.15) is 0 Å². The number of thiazole rings is 1. The van der Waals surface area contributed by atoms with Gasteiger partial charge in [0.25, 0.3) is 11.3 Å². The first-order valence-electron chi connectivity index (χ1n) is 10.8. The first kappa shape index (κ1) is 24.8. The predicted molar refractivity (Wildman–Crippen MR) is 136 cm³/mol. The lowest BCUT2D eigenvalue weighted by atomic mass is 9.96. The molecule has 1 aromatic carbocycles. The molecule has 1 amide bonds. The summed E-state index contributed by atoms with van der Waals surface area (Å²) in [5.74, 6) is -1.26. The van der Waals surface area contributed by atoms with E-state index in [0.29, 0.717) is 16.0 Å². The van der Waals surface area contributed by atoms with Gasteiger partial charge in [-0.3, -0.25) is 9.35 Å². The number of pyridine rings is 1. The minimum absolute atomic E-state index is 0.0886. The topological polar surface area (TPSA) is 153 Å². The molecule has 2 aromatic heterocycles. The largest absolute Gasteiger partial charge is 0.480 e. The number of carboxylic acids is 1. The number of aryl methyl sites for hydroxylation is 1. The number of amides is 1. The molecule has 0 aliphatic carbocycles. The molecule has 3 heterocycles. The Balaban J connectivity index is 1.61. The summed E-state index contributed by atoms with van der Waals surface area (Å²) in [5, 5.41) is 12.6. The average Bonchev–Trinajstić information content (AvgIpc) is 3.41. The number of carbonyl (C=O) groups is 2. The summed E-state index contributed by atoms with van der Waals surface area (Å²) >= 11 is -1.32. The molecule has 1 aliphatic rings. The molecule has 4 rings (SSSR count). The Labute approximate surface area is 208 Å². The number of hydrogen-bond donors (Lipinski definition) is 3. The number of anilines is 3. The number of aliphatic carboxylic acids is 1. The number of rotatable bonds is 8. The van der Waals surface area contributed by atoms with Gasteiger partial charge < -0.3 is 20.6 Å². The summed E-state index contributed by atoms with van der Waals surface area (Å²) in [6, 6.07) is 3.43. The number of aromatic nitrogens is 2. The molecule has 1 unspecified atom stereocenters. The number of fused-ring (bicyclic) bond motifs is 1. The van der Waals surface area contributed by atoms with Crippen LogP contribution in [0.2, 0.25) is 0 Å². The fourth-order valence-corrected chi connectivity index (χ4v) is 5.99. The third-order valence-electron chi connectivity index (χ3n) is 6.07. The maximum absolute atomic E-state index is 13.4. The van der Waals surface area contributed by atoms with Crippen molar-refractivity contribution in [2.24, 2.45) is 0 Å². The highest BCUT2D eigenvalue weighted by molar-refractivity contribution is 7.81. The number of benzene rings is 1. The van der Waals surface area contributed by atoms with Crippen LogP contribution in [0.25, 0.3) is 10.8 Å². The summed E-state index contributed by atoms with van der Waals surface area (Å²) in [5.41, 5.74) is 7.57. The molecule has 3 aromatic rings. The Morgan fingerprint density at radius 1 is 1.37 bits per heavy atom. The van der Waals surface area contributed by atoms with E-state index in [9.17, 15) is 23.5 Å². The Hall–Kier alpha value is -3.29. The molecule has 13 heteroatoms. The second-order valence-electron chi connectivity index (χ2n) is 8.52. The molecule has 1 fully saturated rings. The molecular weight excluding hydrogens is 492 g/mol. The van der Waals surface area contributed by atoms with Crippen molar-refractivity contribution in [1.82, 2.24) is 14.9 Å². The number of nitrogens with two attached hydrogens (primary N) is 1. The number of likely N-dealkylation sites (tertiary alicyclic amines) is 1. The van der Waals surface area contributed by atoms with Gasteiger partial charge in [-0.05, 0) is 42.0 Å². The van der Waals surface area contributed by atoms with Gasteiger partial charge in [0.2, 0.25) is 5.91 Å². The Bertz CT molecular complexity index is 1310. The number of carbonyl (C=O) groups excluding carboxylic acids is 1. The molecule has 35 heavy (non-hydrogen) atoms. The minimum Gasteiger partial charge on any atom is -0.480 e. The van der Waals surface area contributed by atoms with Gasteiger partial charge in [0.1, 0.15) is 22.9 Å². The summed E-state index contributed by atoms with van der Waals surface area (Å²) in [6.45, 7) is 2.01. The third-order valence-corrected chi connectivity index (χ3v) is 8.14. The monoisotopic (exact) mass is 518 g/mol. The predicted octanol–water partition coefficient (Wildman–Crippen LogP) is 1.89. The molecular formula is C22H26N6O5S2. The van der Waals surface area contributed by atoms with Crippen LogP contribution in [0.4, 0.5) is 16.0 Å². The van der Waals surface area contributed by atoms with Crippen molar-refractivity contribution in [3.63, 3.8) is 0 Å². The highest BCUT2D eigenvalue weighted by Gasteiger charge is 2.44. The highest BCUT2D eigenvalue weighted by atomic mass is 32.2. The molecule has 1 saturated heterocycles. The third kappa shape index (κ3) is 4.79. The summed E-state index contributed by atoms with van der Waals surface area (Å²) in [4.78, 5) is 37.0. The van der Waals surface area contributed by atoms with Crippen molar-refractivity contribution in [3.8, 4) is 0 Å². The van der Waals surface area contributed by atoms with Crippen LogP contribution in [0.3, 0.4) is 0 Å². The Morgan fingerprint density at radius 2 is 2.11 bits per heavy atom. The lowest BCUT2D eigenvalue weighted by Crippen LogP contribution is -2.48. The van der Waals surface area contributed by atoms with Crippen LogP contribution in [0.15, 0.2) is 30.6 Å². The van der Waals surface area contributed by atoms with Crippen LogP contribution in [0.1, 0.15) is 17.5 Å². The van der Waals surface area contributed by atoms with E-state index in [-0.39, 0.29) is 19.4 Å². The van der Waals surface area contributed by atoms with Gasteiger partial charge in [0.15, 0.2) is 5.13 Å². The zero-order chi connectivity index (χ0) is 25.4. The van der Waals surface area contributed by atoms with Crippen molar-refractivity contribution >= 4 is 61.2 Å². The van der Waals surface area contributed by atoms with E-state index in [4.69, 9.17) is 5.73 Å². The van der Waals surface area contributed by atoms with Crippen molar-refractivity contribution in [1.29, 1.82) is 0 Å². The number of hydrogen-bond acceptors (Lipinski definition) is 8. The molecule has 1 aliphatic heterocycles. The minimum atomic E-state index is -2.49. The Morgan fingerprint density at radius 3 is 2.74 bits per heavy atom. The van der Waals surface area contributed by atoms with Gasteiger partial charge in [0.05, 0.1) is 6.20 Å². The first-order valence-corrected chi connectivity index (χ1v) is 12.7. The van der Waals surface area contributed by atoms with E-state index >= 15 is 0 Å². The second kappa shape index (κ2) is 9.76. The van der Waals surface area contributed by atoms with Crippen LogP contribution in [-0.2, 0) is 27.3 Å². The molecule has 0 bridgehead atoms. The van der Waals surface area contributed by atoms with Crippen LogP contribution in [0.5, 0.6) is 0 Å². The number of carboxylic acid groups (broad SMARTS) is 1. The quantitative estimate of drug-likeness (QED) is 0.379. The van der Waals surface area contributed by atoms with Crippen molar-refractivity contribution in [2.45, 2.75) is 31.8 Å². The average molecular weight is 519 g/mol. The maximum atomic E-state index is 13.4. The first-order chi connectivity index (χ1) is 16.6. The van der Waals surface area contributed by atoms with E-state index in [2.05, 4.69) is 9.97 Å². The van der Waals surface area contributed by atoms with Gasteiger partial charge in [-0.1, -0.05) is 17.4 Å². The summed E-state index contributed by atoms with van der Waals surface area (Å²) in [7, 11) is 3.59. The summed E-state index contributed by atoms with van der Waals surface area (Å²) < 4.78 is 23.3. The van der Waals surface area contributed by atoms with Gasteiger partial charge in [-0.15, -0.1) is 0 Å². The lowest BCUT2D eigenvalue weighted by molar-refractivity contribution is -0.148. The van der Waals surface area contributed by atoms with E-state index in [1.807, 2.05) is 19.1 Å². The Kier molecular flexibility index (Phi) is 6.92. The lowest BCUT2D eigenvalue weighted by Gasteiger charge is -2.27. The fourth-order valence-electron chi connectivity index (χ4n) is 4.28. The SMILES string of the molecule is Cc1cc2c(N)nccc2cc1C[C@H](C(=O)O)N1CC[C@H](N(c2cnc(N(C)C)s2)S(=O)O)C1=O. The van der Waals surface area contributed by atoms with Crippen molar-refractivity contribution in [3.05, 3.63) is 41.7 Å². The molecule has 4 N–H and O–H groups in total. The van der Waals surface area contributed by atoms with E-state index in [0.717, 1.165) is 26.2 Å². The molecule has 186 valence electrons. The molecule has 0 saturated carbocycles. The molecule has 3 atom stereocenters. The van der Waals surface area contributed by atoms with E-state index in [1.165, 1.54) is 22.4 Å². The second-order valence-corrected chi connectivity index (χ2v) is 10.4. The van der Waals surface area contributed by atoms with Crippen molar-refractivity contribution in [2.75, 3.05) is 35.6 Å². The van der Waals surface area contributed by atoms with E-state index < -0.39 is 35.2 Å². The number of nitrogen functional groups attached to an aromatic ring is 1. The number of nitrogens with zero attached hydrogens (tertiary/aromatic N) is 5. The fraction of sp³-hybridized carbons (Fsp3) is 0.364.